The largest absolute Gasteiger partial charge is 0.299 e. The number of Topliss-reactive ketones (excluding diaryl/α,β-unsaturated/α-hetero) is 2. The molecule has 0 saturated carbocycles. The maximum absolute atomic E-state index is 11.7. The van der Waals surface area contributed by atoms with Gasteiger partial charge in [0.1, 0.15) is 17.5 Å². The van der Waals surface area contributed by atoms with E-state index in [1.54, 1.807) is 6.08 Å². The summed E-state index contributed by atoms with van der Waals surface area (Å²) in [7, 11) is 0. The highest BCUT2D eigenvalue weighted by Crippen LogP contribution is 2.06. The average Bonchev–Trinajstić information content (AvgIpc) is 2.27. The first-order valence-corrected chi connectivity index (χ1v) is 5.30. The molecule has 0 aliphatic heterocycles. The van der Waals surface area contributed by atoms with Gasteiger partial charge >= 0.3 is 0 Å². The minimum absolute atomic E-state index is 0.416. The third-order valence-corrected chi connectivity index (χ3v) is 2.34. The summed E-state index contributed by atoms with van der Waals surface area (Å²) in [6.45, 7) is 2.50. The molecule has 0 aromatic heterocycles. The van der Waals surface area contributed by atoms with Crippen molar-refractivity contribution in [2.45, 2.75) is 13.8 Å². The van der Waals surface area contributed by atoms with Gasteiger partial charge < -0.3 is 0 Å². The lowest BCUT2D eigenvalue weighted by molar-refractivity contribution is -0.136. The van der Waals surface area contributed by atoms with Crippen molar-refractivity contribution < 1.29 is 14.4 Å². The molecule has 0 atom stereocenters. The van der Waals surface area contributed by atoms with E-state index in [0.717, 1.165) is 5.56 Å². The van der Waals surface area contributed by atoms with E-state index in [1.165, 1.54) is 19.9 Å². The van der Waals surface area contributed by atoms with Gasteiger partial charge in [0.05, 0.1) is 0 Å². The summed E-state index contributed by atoms with van der Waals surface area (Å²) < 4.78 is 0. The van der Waals surface area contributed by atoms with Gasteiger partial charge in [-0.05, 0) is 25.5 Å². The van der Waals surface area contributed by atoms with E-state index in [2.05, 4.69) is 0 Å². The van der Waals surface area contributed by atoms with Crippen LogP contribution in [0.2, 0.25) is 0 Å². The van der Waals surface area contributed by atoms with E-state index in [0.29, 0.717) is 0 Å². The molecule has 0 unspecified atom stereocenters. The van der Waals surface area contributed by atoms with Gasteiger partial charge in [0.2, 0.25) is 0 Å². The van der Waals surface area contributed by atoms with Crippen LogP contribution in [0.4, 0.5) is 0 Å². The molecule has 0 fully saturated rings. The summed E-state index contributed by atoms with van der Waals surface area (Å²) in [6.07, 6.45) is 2.88. The second-order valence-electron chi connectivity index (χ2n) is 3.80. The summed E-state index contributed by atoms with van der Waals surface area (Å²) in [5, 5.41) is 0. The zero-order valence-corrected chi connectivity index (χ0v) is 9.84. The molecule has 0 heterocycles. The van der Waals surface area contributed by atoms with Crippen LogP contribution in [0.25, 0.3) is 6.08 Å². The number of benzene rings is 1. The molecule has 3 nitrogen and oxygen atoms in total. The van der Waals surface area contributed by atoms with Crippen LogP contribution in [0.15, 0.2) is 36.4 Å². The van der Waals surface area contributed by atoms with Crippen molar-refractivity contribution >= 4 is 23.4 Å². The molecule has 1 aromatic rings. The summed E-state index contributed by atoms with van der Waals surface area (Å²) in [4.78, 5) is 34.0. The Hall–Kier alpha value is -2.03. The van der Waals surface area contributed by atoms with E-state index in [1.807, 2.05) is 30.3 Å². The fraction of sp³-hybridized carbons (Fsp3) is 0.214. The summed E-state index contributed by atoms with van der Waals surface area (Å²) in [5.41, 5.74) is 0.853. The molecule has 17 heavy (non-hydrogen) atoms. The topological polar surface area (TPSA) is 51.2 Å². The molecule has 0 aliphatic carbocycles. The molecular weight excluding hydrogens is 216 g/mol. The first-order valence-electron chi connectivity index (χ1n) is 5.30. The van der Waals surface area contributed by atoms with Crippen molar-refractivity contribution in [3.05, 3.63) is 42.0 Å². The van der Waals surface area contributed by atoms with Crippen LogP contribution in [0.1, 0.15) is 19.4 Å². The zero-order valence-electron chi connectivity index (χ0n) is 9.84. The van der Waals surface area contributed by atoms with Crippen LogP contribution in [0.3, 0.4) is 0 Å². The Balaban J connectivity index is 2.81. The predicted molar refractivity (Wildman–Crippen MR) is 65.3 cm³/mol. The van der Waals surface area contributed by atoms with Crippen LogP contribution < -0.4 is 0 Å². The molecular formula is C14H14O3. The highest BCUT2D eigenvalue weighted by Gasteiger charge is 2.25. The molecule has 3 heteroatoms. The Morgan fingerprint density at radius 3 is 2.00 bits per heavy atom. The van der Waals surface area contributed by atoms with Crippen LogP contribution in [-0.4, -0.2) is 17.3 Å². The van der Waals surface area contributed by atoms with Crippen molar-refractivity contribution in [2.75, 3.05) is 0 Å². The van der Waals surface area contributed by atoms with Crippen LogP contribution in [-0.2, 0) is 14.4 Å². The van der Waals surface area contributed by atoms with Gasteiger partial charge in [-0.2, -0.15) is 0 Å². The number of rotatable bonds is 5. The van der Waals surface area contributed by atoms with Gasteiger partial charge in [0.25, 0.3) is 0 Å². The van der Waals surface area contributed by atoms with E-state index in [9.17, 15) is 14.4 Å². The third kappa shape index (κ3) is 3.79. The molecule has 0 aliphatic rings. The van der Waals surface area contributed by atoms with E-state index in [-0.39, 0.29) is 0 Å². The maximum Gasteiger partial charge on any atom is 0.173 e. The number of ketones is 3. The fourth-order valence-corrected chi connectivity index (χ4v) is 1.53. The Bertz CT molecular complexity index is 444. The molecule has 0 saturated heterocycles. The zero-order chi connectivity index (χ0) is 12.8. The lowest BCUT2D eigenvalue weighted by Crippen LogP contribution is -2.27. The summed E-state index contributed by atoms with van der Waals surface area (Å²) in [5.74, 6) is -2.45. The van der Waals surface area contributed by atoms with Crippen molar-refractivity contribution in [3.63, 3.8) is 0 Å². The van der Waals surface area contributed by atoms with Gasteiger partial charge in [-0.1, -0.05) is 36.4 Å². The van der Waals surface area contributed by atoms with Crippen LogP contribution in [0.5, 0.6) is 0 Å². The average molecular weight is 230 g/mol. The minimum Gasteiger partial charge on any atom is -0.299 e. The molecule has 1 aromatic carbocycles. The summed E-state index contributed by atoms with van der Waals surface area (Å²) >= 11 is 0. The fourth-order valence-electron chi connectivity index (χ4n) is 1.53. The lowest BCUT2D eigenvalue weighted by Gasteiger charge is -2.04. The Labute approximate surface area is 100 Å². The Morgan fingerprint density at radius 1 is 1.00 bits per heavy atom. The molecule has 0 N–H and O–H groups in total. The third-order valence-electron chi connectivity index (χ3n) is 2.34. The first-order chi connectivity index (χ1) is 8.02. The number of hydrogen-bond acceptors (Lipinski definition) is 3. The van der Waals surface area contributed by atoms with Crippen molar-refractivity contribution in [2.24, 2.45) is 5.92 Å². The Kier molecular flexibility index (Phi) is 4.52. The molecule has 0 bridgehead atoms. The van der Waals surface area contributed by atoms with Gasteiger partial charge in [0, 0.05) is 0 Å². The lowest BCUT2D eigenvalue weighted by atomic mass is 9.95. The highest BCUT2D eigenvalue weighted by atomic mass is 16.2. The van der Waals surface area contributed by atoms with E-state index in [4.69, 9.17) is 0 Å². The second-order valence-corrected chi connectivity index (χ2v) is 3.80. The van der Waals surface area contributed by atoms with Gasteiger partial charge in [-0.3, -0.25) is 14.4 Å². The van der Waals surface area contributed by atoms with Crippen LogP contribution in [0, 0.1) is 5.92 Å². The van der Waals surface area contributed by atoms with E-state index < -0.39 is 23.3 Å². The molecule has 0 radical (unpaired) electrons. The number of carbonyl (C=O) groups excluding carboxylic acids is 3. The summed E-state index contributed by atoms with van der Waals surface area (Å²) in [6, 6.07) is 9.23. The first kappa shape index (κ1) is 13.0. The van der Waals surface area contributed by atoms with Gasteiger partial charge in [-0.15, -0.1) is 0 Å². The highest BCUT2D eigenvalue weighted by molar-refractivity contribution is 6.22. The van der Waals surface area contributed by atoms with E-state index >= 15 is 0 Å². The second kappa shape index (κ2) is 5.89. The number of hydrogen-bond donors (Lipinski definition) is 0. The van der Waals surface area contributed by atoms with Crippen molar-refractivity contribution in [3.8, 4) is 0 Å². The van der Waals surface area contributed by atoms with Crippen molar-refractivity contribution in [1.29, 1.82) is 0 Å². The SMILES string of the molecule is CC(=O)C(C(C)=O)C(=O)C=Cc1ccccc1. The maximum atomic E-state index is 11.7. The number of allylic oxidation sites excluding steroid dienone is 1. The monoisotopic (exact) mass is 230 g/mol. The van der Waals surface area contributed by atoms with Crippen LogP contribution >= 0.6 is 0 Å². The van der Waals surface area contributed by atoms with Gasteiger partial charge in [-0.25, -0.2) is 0 Å². The quantitative estimate of drug-likeness (QED) is 0.574. The molecule has 0 amide bonds. The smallest absolute Gasteiger partial charge is 0.173 e. The standard InChI is InChI=1S/C14H14O3/c1-10(15)14(11(2)16)13(17)9-8-12-6-4-3-5-7-12/h3-9,14H,1-2H3. The number of carbonyl (C=O) groups is 3. The Morgan fingerprint density at radius 2 is 1.53 bits per heavy atom. The minimum atomic E-state index is -1.16. The molecule has 0 spiro atoms. The molecule has 88 valence electrons. The van der Waals surface area contributed by atoms with Gasteiger partial charge in [0.15, 0.2) is 5.78 Å². The molecule has 1 rings (SSSR count). The normalized spacial score (nSPS) is 10.8. The predicted octanol–water partition coefficient (Wildman–Crippen LogP) is 2.06. The van der Waals surface area contributed by atoms with Crippen molar-refractivity contribution in [1.82, 2.24) is 0 Å².